The predicted molar refractivity (Wildman–Crippen MR) is 79.0 cm³/mol. The van der Waals surface area contributed by atoms with Gasteiger partial charge in [0.05, 0.1) is 12.0 Å². The van der Waals surface area contributed by atoms with Crippen LogP contribution in [0.15, 0.2) is 0 Å². The topological polar surface area (TPSA) is 66.8 Å². The normalized spacial score (nSPS) is 29.9. The van der Waals surface area contributed by atoms with E-state index in [1.54, 1.807) is 12.0 Å². The highest BCUT2D eigenvalue weighted by Gasteiger charge is 2.44. The van der Waals surface area contributed by atoms with E-state index >= 15 is 0 Å². The summed E-state index contributed by atoms with van der Waals surface area (Å²) in [6.07, 6.45) is 6.09. The summed E-state index contributed by atoms with van der Waals surface area (Å²) in [5, 5.41) is 9.48. The monoisotopic (exact) mass is 297 g/mol. The molecule has 1 saturated carbocycles. The second kappa shape index (κ2) is 6.34. The summed E-state index contributed by atoms with van der Waals surface area (Å²) in [6, 6.07) is -0.557. The number of hydrogen-bond donors (Lipinski definition) is 1. The Balaban J connectivity index is 2.19. The molecule has 5 heteroatoms. The number of nitrogens with zero attached hydrogens (tertiary/aromatic N) is 1. The second-order valence-electron chi connectivity index (χ2n) is 6.98. The standard InChI is InChI=1S/C16H27NO4/c1-16(2,21-3)10-14(18)17-12-7-5-4-6-11(12)8-9-13(17)15(19)20/h11-13H,4-10H2,1-3H3,(H,19,20). The lowest BCUT2D eigenvalue weighted by molar-refractivity contribution is -0.160. The second-order valence-corrected chi connectivity index (χ2v) is 6.98. The molecule has 0 bridgehead atoms. The summed E-state index contributed by atoms with van der Waals surface area (Å²) < 4.78 is 5.34. The van der Waals surface area contributed by atoms with Crippen LogP contribution < -0.4 is 0 Å². The molecule has 1 aliphatic carbocycles. The molecule has 0 spiro atoms. The number of amides is 1. The highest BCUT2D eigenvalue weighted by molar-refractivity contribution is 5.84. The molecule has 2 fully saturated rings. The Hall–Kier alpha value is -1.10. The Morgan fingerprint density at radius 2 is 1.86 bits per heavy atom. The maximum atomic E-state index is 12.7. The third-order valence-corrected chi connectivity index (χ3v) is 5.08. The highest BCUT2D eigenvalue weighted by Crippen LogP contribution is 2.38. The Morgan fingerprint density at radius 1 is 1.19 bits per heavy atom. The van der Waals surface area contributed by atoms with Crippen LogP contribution in [0.2, 0.25) is 0 Å². The molecular formula is C16H27NO4. The fraction of sp³-hybridized carbons (Fsp3) is 0.875. The van der Waals surface area contributed by atoms with Crippen molar-refractivity contribution in [3.63, 3.8) is 0 Å². The molecule has 2 aliphatic rings. The molecule has 21 heavy (non-hydrogen) atoms. The first-order valence-corrected chi connectivity index (χ1v) is 7.95. The van der Waals surface area contributed by atoms with E-state index in [1.807, 2.05) is 13.8 Å². The number of carboxylic acid groups (broad SMARTS) is 1. The number of fused-ring (bicyclic) bond motifs is 1. The van der Waals surface area contributed by atoms with Crippen LogP contribution in [0, 0.1) is 5.92 Å². The van der Waals surface area contributed by atoms with E-state index < -0.39 is 17.6 Å². The Labute approximate surface area is 126 Å². The zero-order chi connectivity index (χ0) is 15.6. The number of carboxylic acids is 1. The van der Waals surface area contributed by atoms with Gasteiger partial charge < -0.3 is 14.7 Å². The minimum absolute atomic E-state index is 0.0779. The van der Waals surface area contributed by atoms with Crippen molar-refractivity contribution in [3.8, 4) is 0 Å². The number of likely N-dealkylation sites (tertiary alicyclic amines) is 1. The largest absolute Gasteiger partial charge is 0.480 e. The van der Waals surface area contributed by atoms with Crippen LogP contribution in [0.3, 0.4) is 0 Å². The summed E-state index contributed by atoms with van der Waals surface area (Å²) in [5.74, 6) is -0.475. The highest BCUT2D eigenvalue weighted by atomic mass is 16.5. The fourth-order valence-corrected chi connectivity index (χ4v) is 3.76. The number of methoxy groups -OCH3 is 1. The van der Waals surface area contributed by atoms with Gasteiger partial charge in [-0.2, -0.15) is 0 Å². The number of rotatable bonds is 4. The molecule has 3 atom stereocenters. The van der Waals surface area contributed by atoms with Gasteiger partial charge in [-0.3, -0.25) is 4.79 Å². The van der Waals surface area contributed by atoms with Gasteiger partial charge in [0.1, 0.15) is 6.04 Å². The maximum Gasteiger partial charge on any atom is 0.326 e. The first-order chi connectivity index (χ1) is 9.85. The van der Waals surface area contributed by atoms with Gasteiger partial charge in [0, 0.05) is 13.2 Å². The molecular weight excluding hydrogens is 270 g/mol. The van der Waals surface area contributed by atoms with Crippen molar-refractivity contribution in [3.05, 3.63) is 0 Å². The molecule has 0 aromatic rings. The molecule has 2 rings (SSSR count). The average molecular weight is 297 g/mol. The minimum atomic E-state index is -0.873. The van der Waals surface area contributed by atoms with Crippen LogP contribution in [0.4, 0.5) is 0 Å². The molecule has 1 saturated heterocycles. The molecule has 1 heterocycles. The van der Waals surface area contributed by atoms with Crippen LogP contribution in [0.25, 0.3) is 0 Å². The first kappa shape index (κ1) is 16.3. The summed E-state index contributed by atoms with van der Waals surface area (Å²) >= 11 is 0. The van der Waals surface area contributed by atoms with E-state index in [9.17, 15) is 14.7 Å². The lowest BCUT2D eigenvalue weighted by Gasteiger charge is -2.47. The lowest BCUT2D eigenvalue weighted by Crippen LogP contribution is -2.58. The van der Waals surface area contributed by atoms with Crippen LogP contribution in [0.1, 0.15) is 58.8 Å². The van der Waals surface area contributed by atoms with Crippen molar-refractivity contribution < 1.29 is 19.4 Å². The summed E-state index contributed by atoms with van der Waals surface area (Å²) in [7, 11) is 1.58. The molecule has 0 radical (unpaired) electrons. The van der Waals surface area contributed by atoms with E-state index in [-0.39, 0.29) is 18.4 Å². The van der Waals surface area contributed by atoms with Crippen LogP contribution >= 0.6 is 0 Å². The number of aliphatic carboxylic acids is 1. The minimum Gasteiger partial charge on any atom is -0.480 e. The Kier molecular flexibility index (Phi) is 4.91. The molecule has 1 amide bonds. The van der Waals surface area contributed by atoms with E-state index in [0.717, 1.165) is 25.7 Å². The maximum absolute atomic E-state index is 12.7. The van der Waals surface area contributed by atoms with Crippen molar-refractivity contribution in [1.82, 2.24) is 4.90 Å². The van der Waals surface area contributed by atoms with E-state index in [0.29, 0.717) is 12.3 Å². The molecule has 1 N–H and O–H groups in total. The van der Waals surface area contributed by atoms with Crippen LogP contribution in [-0.2, 0) is 14.3 Å². The smallest absolute Gasteiger partial charge is 0.326 e. The van der Waals surface area contributed by atoms with Crippen molar-refractivity contribution in [1.29, 1.82) is 0 Å². The van der Waals surface area contributed by atoms with Gasteiger partial charge in [-0.25, -0.2) is 4.79 Å². The fourth-order valence-electron chi connectivity index (χ4n) is 3.76. The van der Waals surface area contributed by atoms with E-state index in [2.05, 4.69) is 0 Å². The van der Waals surface area contributed by atoms with Crippen molar-refractivity contribution in [2.24, 2.45) is 5.92 Å². The van der Waals surface area contributed by atoms with Gasteiger partial charge >= 0.3 is 5.97 Å². The Morgan fingerprint density at radius 3 is 2.48 bits per heavy atom. The molecule has 120 valence electrons. The molecule has 1 aliphatic heterocycles. The number of carbonyl (C=O) groups is 2. The summed E-state index contributed by atoms with van der Waals surface area (Å²) in [6.45, 7) is 3.73. The van der Waals surface area contributed by atoms with Crippen LogP contribution in [-0.4, -0.2) is 46.7 Å². The van der Waals surface area contributed by atoms with Gasteiger partial charge in [-0.05, 0) is 45.4 Å². The van der Waals surface area contributed by atoms with Gasteiger partial charge in [-0.1, -0.05) is 12.8 Å². The third kappa shape index (κ3) is 3.57. The number of carbonyl (C=O) groups excluding carboxylic acids is 1. The molecule has 0 aromatic heterocycles. The third-order valence-electron chi connectivity index (χ3n) is 5.08. The summed E-state index contributed by atoms with van der Waals surface area (Å²) in [4.78, 5) is 26.0. The van der Waals surface area contributed by atoms with Crippen molar-refractivity contribution in [2.75, 3.05) is 7.11 Å². The van der Waals surface area contributed by atoms with Crippen molar-refractivity contribution >= 4 is 11.9 Å². The summed E-state index contributed by atoms with van der Waals surface area (Å²) in [5.41, 5.74) is -0.554. The van der Waals surface area contributed by atoms with Crippen LogP contribution in [0.5, 0.6) is 0 Å². The number of ether oxygens (including phenoxy) is 1. The molecule has 3 unspecified atom stereocenters. The van der Waals surface area contributed by atoms with Gasteiger partial charge in [0.25, 0.3) is 0 Å². The lowest BCUT2D eigenvalue weighted by atomic mass is 9.76. The first-order valence-electron chi connectivity index (χ1n) is 7.95. The van der Waals surface area contributed by atoms with Gasteiger partial charge in [0.15, 0.2) is 0 Å². The van der Waals surface area contributed by atoms with Crippen molar-refractivity contribution in [2.45, 2.75) is 76.5 Å². The van der Waals surface area contributed by atoms with E-state index in [1.165, 1.54) is 6.42 Å². The quantitative estimate of drug-likeness (QED) is 0.865. The number of piperidine rings is 1. The van der Waals surface area contributed by atoms with Gasteiger partial charge in [0.2, 0.25) is 5.91 Å². The SMILES string of the molecule is COC(C)(C)CC(=O)N1C(C(=O)O)CCC2CCCCC21. The average Bonchev–Trinajstić information content (AvgIpc) is 2.45. The zero-order valence-corrected chi connectivity index (χ0v) is 13.3. The Bertz CT molecular complexity index is 407. The molecule has 5 nitrogen and oxygen atoms in total. The number of hydrogen-bond acceptors (Lipinski definition) is 3. The molecule has 0 aromatic carbocycles. The predicted octanol–water partition coefficient (Wildman–Crippen LogP) is 2.44. The van der Waals surface area contributed by atoms with E-state index in [4.69, 9.17) is 4.74 Å². The zero-order valence-electron chi connectivity index (χ0n) is 13.3. The van der Waals surface area contributed by atoms with Gasteiger partial charge in [-0.15, -0.1) is 0 Å².